The van der Waals surface area contributed by atoms with Gasteiger partial charge in [0, 0.05) is 5.56 Å². The van der Waals surface area contributed by atoms with Crippen LogP contribution in [0.3, 0.4) is 0 Å². The minimum atomic E-state index is 0.0645. The third-order valence-corrected chi connectivity index (χ3v) is 2.41. The third-order valence-electron chi connectivity index (χ3n) is 2.11. The van der Waals surface area contributed by atoms with Crippen molar-refractivity contribution in [3.63, 3.8) is 0 Å². The molecule has 1 aromatic carbocycles. The first-order chi connectivity index (χ1) is 6.66. The monoisotopic (exact) mass is 210 g/mol. The van der Waals surface area contributed by atoms with Gasteiger partial charge < -0.3 is 10.8 Å². The van der Waals surface area contributed by atoms with Gasteiger partial charge in [0.05, 0.1) is 11.1 Å². The van der Waals surface area contributed by atoms with Crippen LogP contribution < -0.4 is 5.73 Å². The van der Waals surface area contributed by atoms with Crippen LogP contribution in [0.25, 0.3) is 0 Å². The number of nitrogens with zero attached hydrogens (tertiary/aromatic N) is 1. The molecule has 14 heavy (non-hydrogen) atoms. The van der Waals surface area contributed by atoms with Gasteiger partial charge in [0.1, 0.15) is 11.6 Å². The summed E-state index contributed by atoms with van der Waals surface area (Å²) in [5.41, 5.74) is 6.53. The van der Waals surface area contributed by atoms with Gasteiger partial charge in [-0.3, -0.25) is 4.99 Å². The summed E-state index contributed by atoms with van der Waals surface area (Å²) in [6.07, 6.45) is 2.24. The van der Waals surface area contributed by atoms with Crippen molar-refractivity contribution >= 4 is 17.4 Å². The number of rotatable bonds is 2. The summed E-state index contributed by atoms with van der Waals surface area (Å²) in [4.78, 5) is 4.28. The molecule has 0 spiro atoms. The molecule has 1 saturated carbocycles. The van der Waals surface area contributed by atoms with Crippen LogP contribution in [-0.2, 0) is 0 Å². The second-order valence-electron chi connectivity index (χ2n) is 3.41. The van der Waals surface area contributed by atoms with Crippen molar-refractivity contribution < 1.29 is 5.11 Å². The van der Waals surface area contributed by atoms with Crippen molar-refractivity contribution in [2.75, 3.05) is 0 Å². The highest BCUT2D eigenvalue weighted by Crippen LogP contribution is 2.26. The van der Waals surface area contributed by atoms with Crippen LogP contribution in [0.2, 0.25) is 5.02 Å². The lowest BCUT2D eigenvalue weighted by Crippen LogP contribution is -2.14. The number of halogens is 1. The maximum atomic E-state index is 9.21. The van der Waals surface area contributed by atoms with Crippen molar-refractivity contribution in [3.05, 3.63) is 28.8 Å². The molecule has 0 amide bonds. The number of nitrogens with two attached hydrogens (primary N) is 1. The zero-order chi connectivity index (χ0) is 10.1. The molecule has 0 atom stereocenters. The summed E-state index contributed by atoms with van der Waals surface area (Å²) in [6.45, 7) is 0. The van der Waals surface area contributed by atoms with Crippen LogP contribution in [0.1, 0.15) is 18.4 Å². The van der Waals surface area contributed by atoms with Crippen molar-refractivity contribution in [1.82, 2.24) is 0 Å². The lowest BCUT2D eigenvalue weighted by atomic mass is 10.2. The molecule has 0 bridgehead atoms. The number of benzene rings is 1. The molecule has 74 valence electrons. The van der Waals surface area contributed by atoms with Gasteiger partial charge in [-0.05, 0) is 31.0 Å². The number of hydrogen-bond acceptors (Lipinski definition) is 2. The molecule has 4 heteroatoms. The summed E-state index contributed by atoms with van der Waals surface area (Å²) in [7, 11) is 0. The Morgan fingerprint density at radius 1 is 1.50 bits per heavy atom. The predicted octanol–water partition coefficient (Wildman–Crippen LogP) is 1.91. The summed E-state index contributed by atoms with van der Waals surface area (Å²) >= 11 is 5.75. The van der Waals surface area contributed by atoms with Gasteiger partial charge in [0.15, 0.2) is 0 Å². The van der Waals surface area contributed by atoms with Gasteiger partial charge in [0.25, 0.3) is 0 Å². The van der Waals surface area contributed by atoms with Gasteiger partial charge in [-0.2, -0.15) is 0 Å². The zero-order valence-corrected chi connectivity index (χ0v) is 8.33. The Labute approximate surface area is 87.2 Å². The van der Waals surface area contributed by atoms with Gasteiger partial charge in [-0.25, -0.2) is 0 Å². The number of aliphatic imine (C=N–C) groups is 1. The normalized spacial score (nSPS) is 17.1. The minimum absolute atomic E-state index is 0.0645. The average Bonchev–Trinajstić information content (AvgIpc) is 2.93. The van der Waals surface area contributed by atoms with Crippen LogP contribution in [-0.4, -0.2) is 17.0 Å². The molecule has 1 aliphatic carbocycles. The van der Waals surface area contributed by atoms with Crippen LogP contribution in [0.15, 0.2) is 23.2 Å². The van der Waals surface area contributed by atoms with Crippen molar-refractivity contribution in [2.45, 2.75) is 18.9 Å². The lowest BCUT2D eigenvalue weighted by Gasteiger charge is -2.02. The second kappa shape index (κ2) is 3.50. The van der Waals surface area contributed by atoms with Crippen molar-refractivity contribution in [1.29, 1.82) is 0 Å². The highest BCUT2D eigenvalue weighted by atomic mass is 35.5. The first-order valence-corrected chi connectivity index (χ1v) is 4.87. The number of phenols is 1. The summed E-state index contributed by atoms with van der Waals surface area (Å²) in [6, 6.07) is 5.25. The first kappa shape index (κ1) is 9.34. The second-order valence-corrected chi connectivity index (χ2v) is 3.82. The molecule has 1 aliphatic rings. The fraction of sp³-hybridized carbons (Fsp3) is 0.300. The Morgan fingerprint density at radius 3 is 2.79 bits per heavy atom. The molecular formula is C10H11ClN2O. The fourth-order valence-electron chi connectivity index (χ4n) is 1.14. The highest BCUT2D eigenvalue weighted by Gasteiger charge is 2.20. The fourth-order valence-corrected chi connectivity index (χ4v) is 1.32. The van der Waals surface area contributed by atoms with E-state index in [4.69, 9.17) is 17.3 Å². The summed E-state index contributed by atoms with van der Waals surface area (Å²) in [5.74, 6) is 0.559. The smallest absolute Gasteiger partial charge is 0.134 e. The Bertz CT molecular complexity index is 386. The molecule has 1 fully saturated rings. The van der Waals surface area contributed by atoms with E-state index in [1.807, 2.05) is 0 Å². The maximum Gasteiger partial charge on any atom is 0.134 e. The van der Waals surface area contributed by atoms with Gasteiger partial charge >= 0.3 is 0 Å². The molecule has 1 aromatic rings. The van der Waals surface area contributed by atoms with Gasteiger partial charge in [0.2, 0.25) is 0 Å². The van der Waals surface area contributed by atoms with Crippen molar-refractivity contribution in [3.8, 4) is 5.75 Å². The van der Waals surface area contributed by atoms with E-state index in [9.17, 15) is 5.11 Å². The Morgan fingerprint density at radius 2 is 2.21 bits per heavy atom. The first-order valence-electron chi connectivity index (χ1n) is 4.49. The summed E-state index contributed by atoms with van der Waals surface area (Å²) < 4.78 is 0. The number of aromatic hydroxyl groups is 1. The summed E-state index contributed by atoms with van der Waals surface area (Å²) in [5, 5.41) is 9.51. The van der Waals surface area contributed by atoms with Gasteiger partial charge in [-0.1, -0.05) is 11.6 Å². The molecule has 0 unspecified atom stereocenters. The van der Waals surface area contributed by atoms with Crippen LogP contribution >= 0.6 is 11.6 Å². The van der Waals surface area contributed by atoms with Crippen LogP contribution in [0.5, 0.6) is 5.75 Å². The van der Waals surface area contributed by atoms with E-state index in [1.54, 1.807) is 12.1 Å². The molecule has 3 N–H and O–H groups in total. The average molecular weight is 211 g/mol. The van der Waals surface area contributed by atoms with E-state index < -0.39 is 0 Å². The van der Waals surface area contributed by atoms with Gasteiger partial charge in [-0.15, -0.1) is 0 Å². The van der Waals surface area contributed by atoms with E-state index in [0.29, 0.717) is 16.9 Å². The zero-order valence-electron chi connectivity index (χ0n) is 7.57. The molecule has 0 radical (unpaired) electrons. The molecule has 2 rings (SSSR count). The molecule has 0 saturated heterocycles. The predicted molar refractivity (Wildman–Crippen MR) is 56.9 cm³/mol. The Kier molecular flexibility index (Phi) is 2.33. The number of phenolic OH excluding ortho intramolecular Hbond substituents is 1. The van der Waals surface area contributed by atoms with E-state index in [2.05, 4.69) is 4.99 Å². The largest absolute Gasteiger partial charge is 0.506 e. The van der Waals surface area contributed by atoms with Crippen molar-refractivity contribution in [2.24, 2.45) is 10.7 Å². The van der Waals surface area contributed by atoms with Crippen LogP contribution in [0.4, 0.5) is 0 Å². The van der Waals surface area contributed by atoms with E-state index in [0.717, 1.165) is 18.4 Å². The van der Waals surface area contributed by atoms with E-state index >= 15 is 0 Å². The van der Waals surface area contributed by atoms with Crippen LogP contribution in [0, 0.1) is 0 Å². The number of amidine groups is 1. The molecule has 0 heterocycles. The molecule has 0 aromatic heterocycles. The molecular weight excluding hydrogens is 200 g/mol. The molecule has 3 nitrogen and oxygen atoms in total. The minimum Gasteiger partial charge on any atom is -0.506 e. The highest BCUT2D eigenvalue weighted by molar-refractivity contribution is 6.32. The third kappa shape index (κ3) is 1.99. The standard InChI is InChI=1S/C10H11ClN2O/c11-8-5-6(1-4-9(8)14)10(12)13-7-2-3-7/h1,4-5,7,14H,2-3H2,(H2,12,13). The Balaban J connectivity index is 2.27. The maximum absolute atomic E-state index is 9.21. The Hall–Kier alpha value is -1.22. The SMILES string of the molecule is NC(=NC1CC1)c1ccc(O)c(Cl)c1. The topological polar surface area (TPSA) is 58.6 Å². The van der Waals surface area contributed by atoms with E-state index in [1.165, 1.54) is 6.07 Å². The number of hydrogen-bond donors (Lipinski definition) is 2. The molecule has 0 aliphatic heterocycles. The van der Waals surface area contributed by atoms with E-state index in [-0.39, 0.29) is 5.75 Å². The lowest BCUT2D eigenvalue weighted by molar-refractivity contribution is 0.475. The quantitative estimate of drug-likeness (QED) is 0.579.